The number of hydrogen-bond acceptors (Lipinski definition) is 4. The zero-order valence-corrected chi connectivity index (χ0v) is 24.2. The molecule has 1 heterocycles. The molecule has 214 valence electrons. The van der Waals surface area contributed by atoms with E-state index >= 15 is 0 Å². The fraction of sp³-hybridized carbons (Fsp3) is 0.222. The predicted octanol–water partition coefficient (Wildman–Crippen LogP) is 7.93. The molecule has 0 fully saturated rings. The van der Waals surface area contributed by atoms with Crippen molar-refractivity contribution in [1.82, 2.24) is 14.5 Å². The number of rotatable bonds is 13. The van der Waals surface area contributed by atoms with Crippen molar-refractivity contribution in [2.45, 2.75) is 45.9 Å². The molecule has 0 saturated heterocycles. The number of methoxy groups -OCH3 is 1. The largest absolute Gasteiger partial charge is 0.497 e. The van der Waals surface area contributed by atoms with Crippen LogP contribution in [-0.4, -0.2) is 32.6 Å². The first kappa shape index (κ1) is 28.8. The second kappa shape index (κ2) is 13.8. The summed E-state index contributed by atoms with van der Waals surface area (Å²) >= 11 is 0. The lowest BCUT2D eigenvalue weighted by Crippen LogP contribution is -2.24. The summed E-state index contributed by atoms with van der Waals surface area (Å²) in [5.41, 5.74) is 6.87. The number of aromatic nitrogens is 2. The summed E-state index contributed by atoms with van der Waals surface area (Å²) in [5, 5.41) is 9.40. The van der Waals surface area contributed by atoms with Gasteiger partial charge < -0.3 is 14.4 Å². The van der Waals surface area contributed by atoms with Gasteiger partial charge in [-0.15, -0.1) is 0 Å². The summed E-state index contributed by atoms with van der Waals surface area (Å²) in [6.45, 7) is 5.12. The molecule has 1 N–H and O–H groups in total. The fourth-order valence-electron chi connectivity index (χ4n) is 5.22. The molecule has 1 aromatic heterocycles. The maximum absolute atomic E-state index is 11.5. The highest BCUT2D eigenvalue weighted by Gasteiger charge is 2.22. The summed E-state index contributed by atoms with van der Waals surface area (Å²) in [6.07, 6.45) is 2.13. The van der Waals surface area contributed by atoms with E-state index in [2.05, 4.69) is 77.1 Å². The molecule has 5 aromatic rings. The van der Waals surface area contributed by atoms with Gasteiger partial charge in [0.1, 0.15) is 11.6 Å². The minimum absolute atomic E-state index is 0.289. The number of ether oxygens (including phenoxy) is 1. The highest BCUT2D eigenvalue weighted by atomic mass is 16.5. The van der Waals surface area contributed by atoms with E-state index < -0.39 is 5.97 Å². The molecule has 5 rings (SSSR count). The van der Waals surface area contributed by atoms with Crippen molar-refractivity contribution in [2.75, 3.05) is 7.11 Å². The van der Waals surface area contributed by atoms with Crippen molar-refractivity contribution >= 4 is 5.97 Å². The van der Waals surface area contributed by atoms with E-state index in [1.165, 1.54) is 11.3 Å². The Morgan fingerprint density at radius 3 is 1.90 bits per heavy atom. The average molecular weight is 560 g/mol. The third kappa shape index (κ3) is 6.96. The number of aromatic carboxylic acids is 1. The minimum atomic E-state index is -0.919. The van der Waals surface area contributed by atoms with Crippen LogP contribution in [0.1, 0.15) is 46.9 Å². The maximum Gasteiger partial charge on any atom is 0.335 e. The lowest BCUT2D eigenvalue weighted by Gasteiger charge is -2.25. The van der Waals surface area contributed by atoms with Crippen molar-refractivity contribution < 1.29 is 14.6 Å². The molecule has 4 aromatic carbocycles. The SMILES string of the molecule is CCCCn1c(-c2ccccc2)nc(-c2ccccc2)c1CN(Cc1ccc(OC)cc1)Cc1ccc(C(=O)O)cc1. The Morgan fingerprint density at radius 1 is 0.786 bits per heavy atom. The number of unbranched alkanes of at least 4 members (excludes halogenated alkanes) is 1. The lowest BCUT2D eigenvalue weighted by atomic mass is 10.1. The smallest absolute Gasteiger partial charge is 0.335 e. The molecule has 0 atom stereocenters. The van der Waals surface area contributed by atoms with Crippen molar-refractivity contribution in [1.29, 1.82) is 0 Å². The van der Waals surface area contributed by atoms with Crippen LogP contribution in [0.3, 0.4) is 0 Å². The first-order valence-electron chi connectivity index (χ1n) is 14.4. The summed E-state index contributed by atoms with van der Waals surface area (Å²) in [4.78, 5) is 19.1. The number of hydrogen-bond donors (Lipinski definition) is 1. The molecule has 0 aliphatic rings. The fourth-order valence-corrected chi connectivity index (χ4v) is 5.22. The first-order chi connectivity index (χ1) is 20.6. The zero-order valence-electron chi connectivity index (χ0n) is 24.2. The number of imidazole rings is 1. The third-order valence-electron chi connectivity index (χ3n) is 7.43. The second-order valence-corrected chi connectivity index (χ2v) is 10.5. The Bertz CT molecular complexity index is 1580. The van der Waals surface area contributed by atoms with Crippen LogP contribution < -0.4 is 4.74 Å². The Hall–Kier alpha value is -4.68. The quantitative estimate of drug-likeness (QED) is 0.159. The van der Waals surface area contributed by atoms with Crippen molar-refractivity contribution in [3.05, 3.63) is 132 Å². The average Bonchev–Trinajstić information content (AvgIpc) is 3.39. The Labute approximate surface area is 247 Å². The molecule has 0 spiro atoms. The molecule has 0 unspecified atom stereocenters. The highest BCUT2D eigenvalue weighted by Crippen LogP contribution is 2.32. The van der Waals surface area contributed by atoms with E-state index in [4.69, 9.17) is 9.72 Å². The van der Waals surface area contributed by atoms with Gasteiger partial charge in [-0.3, -0.25) is 4.90 Å². The van der Waals surface area contributed by atoms with E-state index in [9.17, 15) is 9.90 Å². The van der Waals surface area contributed by atoms with E-state index in [1.807, 2.05) is 36.4 Å². The van der Waals surface area contributed by atoms with Gasteiger partial charge in [-0.05, 0) is 41.8 Å². The van der Waals surface area contributed by atoms with E-state index in [0.29, 0.717) is 19.6 Å². The highest BCUT2D eigenvalue weighted by molar-refractivity contribution is 5.87. The van der Waals surface area contributed by atoms with Gasteiger partial charge in [-0.2, -0.15) is 0 Å². The van der Waals surface area contributed by atoms with Gasteiger partial charge in [0.25, 0.3) is 0 Å². The normalized spacial score (nSPS) is 11.1. The number of carboxylic acids is 1. The van der Waals surface area contributed by atoms with Gasteiger partial charge in [0, 0.05) is 37.3 Å². The van der Waals surface area contributed by atoms with E-state index in [0.717, 1.165) is 53.3 Å². The summed E-state index contributed by atoms with van der Waals surface area (Å²) in [7, 11) is 1.68. The maximum atomic E-state index is 11.5. The van der Waals surface area contributed by atoms with Gasteiger partial charge >= 0.3 is 5.97 Å². The summed E-state index contributed by atoms with van der Waals surface area (Å²) < 4.78 is 7.78. The topological polar surface area (TPSA) is 67.6 Å². The molecule has 42 heavy (non-hydrogen) atoms. The first-order valence-corrected chi connectivity index (χ1v) is 14.4. The zero-order chi connectivity index (χ0) is 29.3. The lowest BCUT2D eigenvalue weighted by molar-refractivity contribution is 0.0697. The van der Waals surface area contributed by atoms with Crippen LogP contribution in [0.2, 0.25) is 0 Å². The molecule has 0 saturated carbocycles. The van der Waals surface area contributed by atoms with Crippen LogP contribution in [-0.2, 0) is 26.2 Å². The van der Waals surface area contributed by atoms with Crippen LogP contribution in [0.5, 0.6) is 5.75 Å². The molecule has 6 nitrogen and oxygen atoms in total. The number of carbonyl (C=O) groups is 1. The summed E-state index contributed by atoms with van der Waals surface area (Å²) in [6, 6.07) is 36.2. The van der Waals surface area contributed by atoms with Crippen LogP contribution in [0.4, 0.5) is 0 Å². The van der Waals surface area contributed by atoms with Crippen LogP contribution >= 0.6 is 0 Å². The van der Waals surface area contributed by atoms with Crippen molar-refractivity contribution in [2.24, 2.45) is 0 Å². The van der Waals surface area contributed by atoms with Crippen molar-refractivity contribution in [3.63, 3.8) is 0 Å². The summed E-state index contributed by atoms with van der Waals surface area (Å²) in [5.74, 6) is 0.886. The van der Waals surface area contributed by atoms with Gasteiger partial charge in [-0.1, -0.05) is 98.3 Å². The Kier molecular flexibility index (Phi) is 9.47. The molecule has 0 bridgehead atoms. The molecule has 0 radical (unpaired) electrons. The molecule has 0 aliphatic carbocycles. The second-order valence-electron chi connectivity index (χ2n) is 10.5. The molecular formula is C36H37N3O3. The van der Waals surface area contributed by atoms with Crippen molar-refractivity contribution in [3.8, 4) is 28.4 Å². The Balaban J connectivity index is 1.59. The van der Waals surface area contributed by atoms with Crippen LogP contribution in [0.15, 0.2) is 109 Å². The monoisotopic (exact) mass is 559 g/mol. The number of carboxylic acid groups (broad SMARTS) is 1. The molecule has 6 heteroatoms. The van der Waals surface area contributed by atoms with Gasteiger partial charge in [-0.25, -0.2) is 9.78 Å². The number of benzene rings is 4. The third-order valence-corrected chi connectivity index (χ3v) is 7.43. The van der Waals surface area contributed by atoms with Crippen LogP contribution in [0, 0.1) is 0 Å². The standard InChI is InChI=1S/C36H37N3O3/c1-3-4-23-39-33(34(29-11-7-5-8-12-29)37-35(39)30-13-9-6-10-14-30)26-38(25-28-17-21-32(42-2)22-18-28)24-27-15-19-31(20-16-27)36(40)41/h5-22H,3-4,23-26H2,1-2H3,(H,40,41). The van der Waals surface area contributed by atoms with E-state index in [1.54, 1.807) is 19.2 Å². The van der Waals surface area contributed by atoms with E-state index in [-0.39, 0.29) is 5.56 Å². The predicted molar refractivity (Wildman–Crippen MR) is 167 cm³/mol. The van der Waals surface area contributed by atoms with Gasteiger partial charge in [0.2, 0.25) is 0 Å². The molecule has 0 aliphatic heterocycles. The molecule has 0 amide bonds. The Morgan fingerprint density at radius 2 is 1.36 bits per heavy atom. The molecular weight excluding hydrogens is 522 g/mol. The number of nitrogens with zero attached hydrogens (tertiary/aromatic N) is 3. The van der Waals surface area contributed by atoms with Gasteiger partial charge in [0.15, 0.2) is 0 Å². The van der Waals surface area contributed by atoms with Gasteiger partial charge in [0.05, 0.1) is 24.1 Å². The minimum Gasteiger partial charge on any atom is -0.497 e. The van der Waals surface area contributed by atoms with Crippen LogP contribution in [0.25, 0.3) is 22.6 Å².